The first kappa shape index (κ1) is 17.4. The lowest BCUT2D eigenvalue weighted by molar-refractivity contribution is -0.139. The second kappa shape index (κ2) is 8.09. The Morgan fingerprint density at radius 3 is 2.92 bits per heavy atom. The van der Waals surface area contributed by atoms with Crippen LogP contribution in [0.5, 0.6) is 5.75 Å². The van der Waals surface area contributed by atoms with Crippen LogP contribution >= 0.6 is 0 Å². The molecule has 1 aliphatic rings. The van der Waals surface area contributed by atoms with E-state index in [9.17, 15) is 4.79 Å². The fourth-order valence-electron chi connectivity index (χ4n) is 3.05. The average Bonchev–Trinajstić information content (AvgIpc) is 3.09. The number of benzene rings is 1. The van der Waals surface area contributed by atoms with Crippen LogP contribution in [-0.2, 0) is 16.1 Å². The predicted molar refractivity (Wildman–Crippen MR) is 93.5 cm³/mol. The zero-order valence-electron chi connectivity index (χ0n) is 14.2. The number of carbonyl (C=O) groups is 1. The van der Waals surface area contributed by atoms with Gasteiger partial charge in [0, 0.05) is 44.1 Å². The van der Waals surface area contributed by atoms with Gasteiger partial charge in [0.1, 0.15) is 5.75 Å². The van der Waals surface area contributed by atoms with E-state index in [2.05, 4.69) is 9.88 Å². The lowest BCUT2D eigenvalue weighted by Gasteiger charge is -2.19. The fraction of sp³-hybridized carbons (Fsp3) is 0.368. The van der Waals surface area contributed by atoms with Crippen LogP contribution in [0.15, 0.2) is 42.6 Å². The van der Waals surface area contributed by atoms with Gasteiger partial charge in [-0.05, 0) is 36.8 Å². The Kier molecular flexibility index (Phi) is 5.63. The Morgan fingerprint density at radius 2 is 2.24 bits per heavy atom. The molecule has 6 heteroatoms. The number of likely N-dealkylation sites (tertiary alicyclic amines) is 1. The van der Waals surface area contributed by atoms with Crippen LogP contribution in [0.3, 0.4) is 0 Å². The van der Waals surface area contributed by atoms with Gasteiger partial charge in [-0.3, -0.25) is 9.88 Å². The summed E-state index contributed by atoms with van der Waals surface area (Å²) in [5.41, 5.74) is 2.83. The molecule has 0 saturated carbocycles. The van der Waals surface area contributed by atoms with Gasteiger partial charge in [-0.1, -0.05) is 6.07 Å². The van der Waals surface area contributed by atoms with E-state index in [0.29, 0.717) is 12.3 Å². The van der Waals surface area contributed by atoms with Gasteiger partial charge in [-0.25, -0.2) is 4.79 Å². The van der Waals surface area contributed by atoms with Gasteiger partial charge in [-0.15, -0.1) is 0 Å². The minimum atomic E-state index is -0.986. The maximum absolute atomic E-state index is 10.8. The number of hydrogen-bond acceptors (Lipinski definition) is 5. The third-order valence-corrected chi connectivity index (χ3v) is 4.33. The van der Waals surface area contributed by atoms with Crippen LogP contribution in [0.1, 0.15) is 12.0 Å². The van der Waals surface area contributed by atoms with Crippen molar-refractivity contribution >= 4 is 5.97 Å². The molecular weight excluding hydrogens is 320 g/mol. The van der Waals surface area contributed by atoms with Crippen molar-refractivity contribution in [3.05, 3.63) is 48.2 Å². The minimum Gasteiger partial charge on any atom is -0.482 e. The molecule has 0 bridgehead atoms. The molecule has 25 heavy (non-hydrogen) atoms. The number of nitrogens with zero attached hydrogens (tertiary/aromatic N) is 2. The quantitative estimate of drug-likeness (QED) is 0.833. The highest BCUT2D eigenvalue weighted by atomic mass is 16.5. The van der Waals surface area contributed by atoms with Crippen LogP contribution < -0.4 is 4.74 Å². The van der Waals surface area contributed by atoms with E-state index in [4.69, 9.17) is 14.6 Å². The van der Waals surface area contributed by atoms with Crippen LogP contribution in [-0.4, -0.2) is 53.9 Å². The molecule has 2 heterocycles. The van der Waals surface area contributed by atoms with E-state index in [1.54, 1.807) is 13.3 Å². The monoisotopic (exact) mass is 342 g/mol. The number of ether oxygens (including phenoxy) is 2. The van der Waals surface area contributed by atoms with Gasteiger partial charge >= 0.3 is 5.97 Å². The molecule has 1 aromatic heterocycles. The van der Waals surface area contributed by atoms with E-state index in [0.717, 1.165) is 36.3 Å². The van der Waals surface area contributed by atoms with E-state index >= 15 is 0 Å². The summed E-state index contributed by atoms with van der Waals surface area (Å²) < 4.78 is 10.9. The lowest BCUT2D eigenvalue weighted by Crippen LogP contribution is -2.23. The number of hydrogen-bond donors (Lipinski definition) is 1. The second-order valence-electron chi connectivity index (χ2n) is 6.10. The second-order valence-corrected chi connectivity index (χ2v) is 6.10. The molecule has 0 amide bonds. The summed E-state index contributed by atoms with van der Waals surface area (Å²) >= 11 is 0. The van der Waals surface area contributed by atoms with Crippen molar-refractivity contribution in [1.82, 2.24) is 9.88 Å². The molecule has 1 aromatic carbocycles. The molecule has 0 radical (unpaired) electrons. The highest BCUT2D eigenvalue weighted by Crippen LogP contribution is 2.28. The van der Waals surface area contributed by atoms with Gasteiger partial charge in [0.15, 0.2) is 6.61 Å². The van der Waals surface area contributed by atoms with Gasteiger partial charge in [-0.2, -0.15) is 0 Å². The average molecular weight is 342 g/mol. The number of methoxy groups -OCH3 is 1. The first-order valence-electron chi connectivity index (χ1n) is 8.30. The summed E-state index contributed by atoms with van der Waals surface area (Å²) in [4.78, 5) is 17.5. The van der Waals surface area contributed by atoms with Crippen molar-refractivity contribution in [1.29, 1.82) is 0 Å². The van der Waals surface area contributed by atoms with E-state index in [1.807, 2.05) is 36.4 Å². The predicted octanol–water partition coefficient (Wildman–Crippen LogP) is 2.43. The van der Waals surface area contributed by atoms with Crippen molar-refractivity contribution in [3.63, 3.8) is 0 Å². The number of carboxylic acids is 1. The van der Waals surface area contributed by atoms with Crippen LogP contribution in [0.4, 0.5) is 0 Å². The van der Waals surface area contributed by atoms with Gasteiger partial charge < -0.3 is 14.6 Å². The molecule has 3 rings (SSSR count). The third-order valence-electron chi connectivity index (χ3n) is 4.33. The first-order valence-corrected chi connectivity index (χ1v) is 8.30. The number of carboxylic acid groups (broad SMARTS) is 1. The summed E-state index contributed by atoms with van der Waals surface area (Å²) in [6.07, 6.45) is 3.01. The molecular formula is C19H22N2O4. The molecule has 1 atom stereocenters. The fourth-order valence-corrected chi connectivity index (χ4v) is 3.05. The zero-order valence-corrected chi connectivity index (χ0v) is 14.2. The Balaban J connectivity index is 1.84. The Bertz CT molecular complexity index is 721. The molecule has 0 unspecified atom stereocenters. The van der Waals surface area contributed by atoms with Crippen molar-refractivity contribution in [2.75, 3.05) is 26.8 Å². The van der Waals surface area contributed by atoms with Crippen molar-refractivity contribution < 1.29 is 19.4 Å². The first-order chi connectivity index (χ1) is 12.2. The van der Waals surface area contributed by atoms with E-state index in [-0.39, 0.29) is 12.7 Å². The molecule has 1 saturated heterocycles. The van der Waals surface area contributed by atoms with Crippen LogP contribution in [0, 0.1) is 0 Å². The maximum Gasteiger partial charge on any atom is 0.341 e. The smallest absolute Gasteiger partial charge is 0.341 e. The molecule has 1 aliphatic heterocycles. The normalized spacial score (nSPS) is 17.6. The molecule has 0 spiro atoms. The van der Waals surface area contributed by atoms with Crippen LogP contribution in [0.2, 0.25) is 0 Å². The highest BCUT2D eigenvalue weighted by Gasteiger charge is 2.23. The number of aliphatic carboxylic acids is 1. The van der Waals surface area contributed by atoms with Crippen molar-refractivity contribution in [3.8, 4) is 17.0 Å². The maximum atomic E-state index is 10.8. The topological polar surface area (TPSA) is 71.9 Å². The Morgan fingerprint density at radius 1 is 1.36 bits per heavy atom. The van der Waals surface area contributed by atoms with Gasteiger partial charge in [0.05, 0.1) is 11.8 Å². The zero-order chi connectivity index (χ0) is 17.6. The van der Waals surface area contributed by atoms with E-state index < -0.39 is 5.97 Å². The molecule has 6 nitrogen and oxygen atoms in total. The highest BCUT2D eigenvalue weighted by molar-refractivity contribution is 5.69. The summed E-state index contributed by atoms with van der Waals surface area (Å²) in [6.45, 7) is 2.15. The number of rotatable bonds is 7. The Hall–Kier alpha value is -2.44. The molecule has 1 N–H and O–H groups in total. The van der Waals surface area contributed by atoms with Gasteiger partial charge in [0.2, 0.25) is 0 Å². The van der Waals surface area contributed by atoms with Crippen molar-refractivity contribution in [2.45, 2.75) is 19.1 Å². The van der Waals surface area contributed by atoms with E-state index in [1.165, 1.54) is 0 Å². The number of aromatic nitrogens is 1. The van der Waals surface area contributed by atoms with Crippen molar-refractivity contribution in [2.24, 2.45) is 0 Å². The SMILES string of the molecule is CO[C@H]1CCN(Cc2cc(-c3ccccn3)ccc2OCC(=O)O)C1. The van der Waals surface area contributed by atoms with Crippen LogP contribution in [0.25, 0.3) is 11.3 Å². The molecule has 0 aliphatic carbocycles. The minimum absolute atomic E-state index is 0.252. The number of pyridine rings is 1. The van der Waals surface area contributed by atoms with Gasteiger partial charge in [0.25, 0.3) is 0 Å². The summed E-state index contributed by atoms with van der Waals surface area (Å²) in [6, 6.07) is 11.5. The lowest BCUT2D eigenvalue weighted by atomic mass is 10.1. The molecule has 132 valence electrons. The summed E-state index contributed by atoms with van der Waals surface area (Å²) in [5.74, 6) is -0.386. The Labute approximate surface area is 147 Å². The third kappa shape index (κ3) is 4.55. The standard InChI is InChI=1S/C19H22N2O4/c1-24-16-7-9-21(12-16)11-15-10-14(17-4-2-3-8-20-17)5-6-18(15)25-13-19(22)23/h2-6,8,10,16H,7,9,11-13H2,1H3,(H,22,23)/t16-/m0/s1. The largest absolute Gasteiger partial charge is 0.482 e. The molecule has 2 aromatic rings. The molecule has 1 fully saturated rings. The summed E-state index contributed by atoms with van der Waals surface area (Å²) in [5, 5.41) is 8.89. The summed E-state index contributed by atoms with van der Waals surface area (Å²) in [7, 11) is 1.73.